The summed E-state index contributed by atoms with van der Waals surface area (Å²) >= 11 is 0. The summed E-state index contributed by atoms with van der Waals surface area (Å²) in [5.41, 5.74) is 1.28. The van der Waals surface area contributed by atoms with Gasteiger partial charge in [0.1, 0.15) is 5.75 Å². The van der Waals surface area contributed by atoms with Gasteiger partial charge in [-0.3, -0.25) is 14.4 Å². The van der Waals surface area contributed by atoms with Crippen LogP contribution in [-0.4, -0.2) is 35.6 Å². The number of Topliss-reactive ketones (excluding diaryl/α,β-unsaturated/α-hetero) is 1. The summed E-state index contributed by atoms with van der Waals surface area (Å²) in [5.74, 6) is -1.24. The minimum Gasteiger partial charge on any atom is -0.496 e. The van der Waals surface area contributed by atoms with Gasteiger partial charge in [0.15, 0.2) is 11.3 Å². The van der Waals surface area contributed by atoms with E-state index in [4.69, 9.17) is 4.74 Å². The zero-order valence-electron chi connectivity index (χ0n) is 23.1. The Morgan fingerprint density at radius 3 is 2.33 bits per heavy atom. The number of ether oxygens (including phenoxy) is 1. The first kappa shape index (κ1) is 26.3. The Hall–Kier alpha value is -3.93. The van der Waals surface area contributed by atoms with E-state index in [1.165, 1.54) is 0 Å². The van der Waals surface area contributed by atoms with Gasteiger partial charge in [-0.25, -0.2) is 0 Å². The Bertz CT molecular complexity index is 1430. The van der Waals surface area contributed by atoms with Crippen LogP contribution in [0.1, 0.15) is 72.9 Å². The predicted molar refractivity (Wildman–Crippen MR) is 154 cm³/mol. The number of nitrogens with one attached hydrogen (secondary N) is 1. The molecule has 206 valence electrons. The smallest absolute Gasteiger partial charge is 0.255 e. The van der Waals surface area contributed by atoms with Crippen LogP contribution in [0.3, 0.4) is 0 Å². The summed E-state index contributed by atoms with van der Waals surface area (Å²) < 4.78 is 5.83. The van der Waals surface area contributed by atoms with E-state index in [0.717, 1.165) is 37.7 Å². The van der Waals surface area contributed by atoms with Crippen molar-refractivity contribution in [3.05, 3.63) is 95.6 Å². The van der Waals surface area contributed by atoms with Crippen molar-refractivity contribution in [1.29, 1.82) is 0 Å². The molecule has 6 nitrogen and oxygen atoms in total. The van der Waals surface area contributed by atoms with Gasteiger partial charge in [0, 0.05) is 40.3 Å². The SMILES string of the molecule is CCC1C(c2ccccc2OC)C(C(=O)c2ccccc2)C2(C(=O)Nc3ccccc32)N1C(=O)C1CCCCC1. The van der Waals surface area contributed by atoms with Gasteiger partial charge in [0.05, 0.1) is 13.0 Å². The molecule has 4 atom stereocenters. The molecule has 3 aliphatic rings. The van der Waals surface area contributed by atoms with Crippen molar-refractivity contribution in [3.63, 3.8) is 0 Å². The molecule has 0 radical (unpaired) electrons. The van der Waals surface area contributed by atoms with Gasteiger partial charge in [-0.15, -0.1) is 0 Å². The molecule has 6 rings (SSSR count). The average molecular weight is 537 g/mol. The highest BCUT2D eigenvalue weighted by atomic mass is 16.5. The van der Waals surface area contributed by atoms with Gasteiger partial charge < -0.3 is 15.0 Å². The number of methoxy groups -OCH3 is 1. The number of carbonyl (C=O) groups is 3. The van der Waals surface area contributed by atoms with E-state index in [9.17, 15) is 14.4 Å². The van der Waals surface area contributed by atoms with Crippen molar-refractivity contribution in [2.45, 2.75) is 62.9 Å². The van der Waals surface area contributed by atoms with Crippen molar-refractivity contribution in [2.24, 2.45) is 11.8 Å². The lowest BCUT2D eigenvalue weighted by Crippen LogP contribution is -2.57. The highest BCUT2D eigenvalue weighted by Gasteiger charge is 2.70. The fraction of sp³-hybridized carbons (Fsp3) is 0.382. The largest absolute Gasteiger partial charge is 0.496 e. The Morgan fingerprint density at radius 1 is 0.925 bits per heavy atom. The molecule has 1 saturated heterocycles. The maximum absolute atomic E-state index is 14.8. The van der Waals surface area contributed by atoms with E-state index in [1.54, 1.807) is 19.2 Å². The van der Waals surface area contributed by atoms with Gasteiger partial charge in [0.2, 0.25) is 5.91 Å². The number of amides is 2. The molecule has 2 aliphatic heterocycles. The van der Waals surface area contributed by atoms with Gasteiger partial charge in [-0.1, -0.05) is 92.9 Å². The molecule has 1 aliphatic carbocycles. The molecule has 6 heteroatoms. The molecule has 3 aromatic rings. The summed E-state index contributed by atoms with van der Waals surface area (Å²) in [5, 5.41) is 3.08. The van der Waals surface area contributed by atoms with Crippen molar-refractivity contribution in [2.75, 3.05) is 12.4 Å². The number of rotatable bonds is 6. The number of likely N-dealkylation sites (tertiary alicyclic amines) is 1. The summed E-state index contributed by atoms with van der Waals surface area (Å²) in [4.78, 5) is 45.9. The topological polar surface area (TPSA) is 75.7 Å². The first-order valence-corrected chi connectivity index (χ1v) is 14.5. The van der Waals surface area contributed by atoms with Crippen LogP contribution in [0.15, 0.2) is 78.9 Å². The van der Waals surface area contributed by atoms with E-state index in [0.29, 0.717) is 29.0 Å². The van der Waals surface area contributed by atoms with E-state index in [-0.39, 0.29) is 29.6 Å². The minimum absolute atomic E-state index is 0.0123. The van der Waals surface area contributed by atoms with E-state index in [1.807, 2.05) is 71.6 Å². The Kier molecular flexibility index (Phi) is 6.95. The van der Waals surface area contributed by atoms with Crippen LogP contribution in [0.4, 0.5) is 5.69 Å². The monoisotopic (exact) mass is 536 g/mol. The molecule has 4 unspecified atom stereocenters. The van der Waals surface area contributed by atoms with Crippen molar-refractivity contribution >= 4 is 23.3 Å². The third-order valence-corrected chi connectivity index (χ3v) is 9.32. The number of para-hydroxylation sites is 2. The first-order valence-electron chi connectivity index (χ1n) is 14.5. The number of ketones is 1. The van der Waals surface area contributed by atoms with E-state index in [2.05, 4.69) is 12.2 Å². The molecule has 1 spiro atoms. The zero-order chi connectivity index (χ0) is 27.9. The highest BCUT2D eigenvalue weighted by molar-refractivity contribution is 6.14. The molecule has 1 N–H and O–H groups in total. The Morgan fingerprint density at radius 2 is 1.60 bits per heavy atom. The third kappa shape index (κ3) is 3.87. The molecule has 2 fully saturated rings. The number of hydrogen-bond donors (Lipinski definition) is 1. The first-order chi connectivity index (χ1) is 19.5. The summed E-state index contributed by atoms with van der Waals surface area (Å²) in [6.45, 7) is 2.05. The number of hydrogen-bond acceptors (Lipinski definition) is 4. The fourth-order valence-corrected chi connectivity index (χ4v) is 7.65. The van der Waals surface area contributed by atoms with E-state index >= 15 is 0 Å². The number of nitrogens with zero attached hydrogens (tertiary/aromatic N) is 1. The molecule has 0 bridgehead atoms. The van der Waals surface area contributed by atoms with Crippen molar-refractivity contribution < 1.29 is 19.1 Å². The molecular formula is C34H36N2O4. The van der Waals surface area contributed by atoms with E-state index < -0.39 is 17.4 Å². The van der Waals surface area contributed by atoms with Crippen molar-refractivity contribution in [3.8, 4) is 5.75 Å². The second-order valence-corrected chi connectivity index (χ2v) is 11.3. The van der Waals surface area contributed by atoms with Gasteiger partial charge in [-0.05, 0) is 31.4 Å². The molecule has 40 heavy (non-hydrogen) atoms. The molecule has 1 saturated carbocycles. The molecular weight excluding hydrogens is 500 g/mol. The van der Waals surface area contributed by atoms with Crippen LogP contribution in [0.2, 0.25) is 0 Å². The molecule has 2 heterocycles. The van der Waals surface area contributed by atoms with Gasteiger partial charge in [-0.2, -0.15) is 0 Å². The van der Waals surface area contributed by atoms with Crippen molar-refractivity contribution in [1.82, 2.24) is 4.90 Å². The second-order valence-electron chi connectivity index (χ2n) is 11.3. The number of fused-ring (bicyclic) bond motifs is 2. The van der Waals surface area contributed by atoms with Crippen LogP contribution < -0.4 is 10.1 Å². The lowest BCUT2D eigenvalue weighted by Gasteiger charge is -2.41. The fourth-order valence-electron chi connectivity index (χ4n) is 7.65. The van der Waals surface area contributed by atoms with Crippen LogP contribution in [0.5, 0.6) is 5.75 Å². The highest BCUT2D eigenvalue weighted by Crippen LogP contribution is 2.61. The lowest BCUT2D eigenvalue weighted by molar-refractivity contribution is -0.150. The normalized spacial score (nSPS) is 26.0. The number of benzene rings is 3. The van der Waals surface area contributed by atoms with Crippen LogP contribution >= 0.6 is 0 Å². The van der Waals surface area contributed by atoms with Crippen LogP contribution in [-0.2, 0) is 15.1 Å². The zero-order valence-corrected chi connectivity index (χ0v) is 23.1. The quantitative estimate of drug-likeness (QED) is 0.374. The minimum atomic E-state index is -1.47. The standard InChI is InChI=1S/C34H36N2O4/c1-3-27-29(24-18-10-13-21-28(24)40-2)30(31(37)22-14-6-4-7-15-22)34(25-19-11-12-20-26(25)35-33(34)39)36(27)32(38)23-16-8-5-9-17-23/h4,6-7,10-15,18-21,23,27,29-30H,3,5,8-9,16-17H2,1-2H3,(H,35,39). The van der Waals surface area contributed by atoms with Gasteiger partial charge in [0.25, 0.3) is 5.91 Å². The lowest BCUT2D eigenvalue weighted by atomic mass is 9.69. The molecule has 3 aromatic carbocycles. The maximum Gasteiger partial charge on any atom is 0.255 e. The third-order valence-electron chi connectivity index (χ3n) is 9.32. The Labute approximate surface area is 235 Å². The molecule has 2 amide bonds. The number of carbonyl (C=O) groups excluding carboxylic acids is 3. The van der Waals surface area contributed by atoms with Crippen LogP contribution in [0.25, 0.3) is 0 Å². The summed E-state index contributed by atoms with van der Waals surface area (Å²) in [6.07, 6.45) is 5.33. The average Bonchev–Trinajstić information content (AvgIpc) is 3.48. The Balaban J connectivity index is 1.66. The number of anilines is 1. The summed E-state index contributed by atoms with van der Waals surface area (Å²) in [6, 6.07) is 24.1. The second kappa shape index (κ2) is 10.6. The maximum atomic E-state index is 14.8. The van der Waals surface area contributed by atoms with Crippen LogP contribution in [0, 0.1) is 11.8 Å². The summed E-state index contributed by atoms with van der Waals surface area (Å²) in [7, 11) is 1.63. The van der Waals surface area contributed by atoms with Gasteiger partial charge >= 0.3 is 0 Å². The molecule has 0 aromatic heterocycles. The predicted octanol–water partition coefficient (Wildman–Crippen LogP) is 6.33.